The van der Waals surface area contributed by atoms with Crippen molar-refractivity contribution in [3.05, 3.63) is 0 Å². The van der Waals surface area contributed by atoms with Crippen LogP contribution in [0.2, 0.25) is 0 Å². The molecule has 0 aliphatic carbocycles. The zero-order valence-electron chi connectivity index (χ0n) is 10.9. The third-order valence-corrected chi connectivity index (χ3v) is 3.28. The van der Waals surface area contributed by atoms with Crippen LogP contribution in [0.4, 0.5) is 0 Å². The molecule has 0 bridgehead atoms. The number of aliphatic hydroxyl groups excluding tert-OH is 1. The zero-order chi connectivity index (χ0) is 12.5. The maximum absolute atomic E-state index is 11.8. The smallest absolute Gasteiger partial charge is 0.323 e. The monoisotopic (exact) mass is 243 g/mol. The van der Waals surface area contributed by atoms with E-state index in [0.29, 0.717) is 6.61 Å². The number of unbranched alkanes of at least 4 members (excludes halogenated alkanes) is 2. The van der Waals surface area contributed by atoms with Crippen LogP contribution in [0.5, 0.6) is 0 Å². The predicted molar refractivity (Wildman–Crippen MR) is 66.8 cm³/mol. The Labute approximate surface area is 104 Å². The first-order chi connectivity index (χ1) is 8.29. The van der Waals surface area contributed by atoms with Gasteiger partial charge in [0.25, 0.3) is 0 Å². The molecule has 1 unspecified atom stereocenters. The number of ether oxygens (including phenoxy) is 1. The number of nitrogens with zero attached hydrogens (tertiary/aromatic N) is 1. The summed E-state index contributed by atoms with van der Waals surface area (Å²) in [5.41, 5.74) is 0. The zero-order valence-corrected chi connectivity index (χ0v) is 10.9. The molecule has 1 rings (SSSR count). The molecule has 4 heteroatoms. The summed E-state index contributed by atoms with van der Waals surface area (Å²) in [5, 5.41) is 8.73. The van der Waals surface area contributed by atoms with Crippen molar-refractivity contribution in [1.82, 2.24) is 4.90 Å². The lowest BCUT2D eigenvalue weighted by molar-refractivity contribution is -0.150. The van der Waals surface area contributed by atoms with Gasteiger partial charge in [-0.25, -0.2) is 0 Å². The molecule has 1 fully saturated rings. The van der Waals surface area contributed by atoms with Crippen LogP contribution in [0.1, 0.15) is 45.4 Å². The van der Waals surface area contributed by atoms with E-state index in [1.807, 2.05) is 6.92 Å². The minimum atomic E-state index is -0.0608. The second-order valence-corrected chi connectivity index (χ2v) is 4.58. The molecule has 0 aromatic heterocycles. The highest BCUT2D eigenvalue weighted by Gasteiger charge is 2.28. The standard InChI is InChI=1S/C13H25NO3/c1-2-17-13(16)12-8-4-6-10-14(12)9-5-3-7-11-15/h12,15H,2-11H2,1H3. The Morgan fingerprint density at radius 2 is 2.18 bits per heavy atom. The van der Waals surface area contributed by atoms with Crippen LogP contribution in [0.25, 0.3) is 0 Å². The molecule has 0 spiro atoms. The molecule has 0 aromatic rings. The molecule has 1 heterocycles. The third-order valence-electron chi connectivity index (χ3n) is 3.28. The summed E-state index contributed by atoms with van der Waals surface area (Å²) in [6, 6.07) is -0.0298. The summed E-state index contributed by atoms with van der Waals surface area (Å²) in [4.78, 5) is 14.0. The molecule has 1 aliphatic heterocycles. The molecule has 0 aromatic carbocycles. The van der Waals surface area contributed by atoms with Gasteiger partial charge in [-0.2, -0.15) is 0 Å². The summed E-state index contributed by atoms with van der Waals surface area (Å²) in [7, 11) is 0. The number of aliphatic hydroxyl groups is 1. The van der Waals surface area contributed by atoms with Crippen molar-refractivity contribution in [3.8, 4) is 0 Å². The molecule has 0 amide bonds. The Balaban J connectivity index is 2.34. The summed E-state index contributed by atoms with van der Waals surface area (Å²) < 4.78 is 5.12. The highest BCUT2D eigenvalue weighted by atomic mass is 16.5. The summed E-state index contributed by atoms with van der Waals surface area (Å²) in [5.74, 6) is -0.0608. The molecule has 1 N–H and O–H groups in total. The van der Waals surface area contributed by atoms with Crippen molar-refractivity contribution in [2.45, 2.75) is 51.5 Å². The van der Waals surface area contributed by atoms with Crippen LogP contribution >= 0.6 is 0 Å². The molecular formula is C13H25NO3. The van der Waals surface area contributed by atoms with Crippen LogP contribution in [0.15, 0.2) is 0 Å². The molecule has 17 heavy (non-hydrogen) atoms. The highest BCUT2D eigenvalue weighted by Crippen LogP contribution is 2.18. The van der Waals surface area contributed by atoms with Gasteiger partial charge in [-0.15, -0.1) is 0 Å². The summed E-state index contributed by atoms with van der Waals surface area (Å²) in [6.45, 7) is 4.54. The maximum Gasteiger partial charge on any atom is 0.323 e. The van der Waals surface area contributed by atoms with Gasteiger partial charge >= 0.3 is 5.97 Å². The Hall–Kier alpha value is -0.610. The van der Waals surface area contributed by atoms with Gasteiger partial charge in [-0.1, -0.05) is 6.42 Å². The van der Waals surface area contributed by atoms with Crippen LogP contribution in [-0.2, 0) is 9.53 Å². The lowest BCUT2D eigenvalue weighted by Crippen LogP contribution is -2.45. The van der Waals surface area contributed by atoms with E-state index >= 15 is 0 Å². The lowest BCUT2D eigenvalue weighted by atomic mass is 10.0. The SMILES string of the molecule is CCOC(=O)C1CCCCN1CCCCCO. The Morgan fingerprint density at radius 3 is 2.88 bits per heavy atom. The number of rotatable bonds is 7. The van der Waals surface area contributed by atoms with E-state index in [-0.39, 0.29) is 18.6 Å². The van der Waals surface area contributed by atoms with Gasteiger partial charge in [0.15, 0.2) is 0 Å². The van der Waals surface area contributed by atoms with Gasteiger partial charge in [0.05, 0.1) is 6.61 Å². The van der Waals surface area contributed by atoms with E-state index < -0.39 is 0 Å². The quantitative estimate of drug-likeness (QED) is 0.544. The first-order valence-corrected chi connectivity index (χ1v) is 6.81. The average Bonchev–Trinajstić information content (AvgIpc) is 2.35. The third kappa shape index (κ3) is 5.04. The van der Waals surface area contributed by atoms with E-state index in [2.05, 4.69) is 4.90 Å². The molecule has 4 nitrogen and oxygen atoms in total. The number of piperidine rings is 1. The van der Waals surface area contributed by atoms with Crippen LogP contribution in [0, 0.1) is 0 Å². The number of likely N-dealkylation sites (tertiary alicyclic amines) is 1. The van der Waals surface area contributed by atoms with E-state index in [4.69, 9.17) is 9.84 Å². The molecule has 1 saturated heterocycles. The first-order valence-electron chi connectivity index (χ1n) is 6.81. The Kier molecular flexibility index (Phi) is 7.21. The molecule has 1 aliphatic rings. The summed E-state index contributed by atoms with van der Waals surface area (Å²) in [6.07, 6.45) is 6.17. The van der Waals surface area contributed by atoms with E-state index in [1.54, 1.807) is 0 Å². The van der Waals surface area contributed by atoms with Crippen molar-refractivity contribution >= 4 is 5.97 Å². The average molecular weight is 243 g/mol. The molecule has 100 valence electrons. The number of hydrogen-bond acceptors (Lipinski definition) is 4. The maximum atomic E-state index is 11.8. The summed E-state index contributed by atoms with van der Waals surface area (Å²) >= 11 is 0. The number of carbonyl (C=O) groups is 1. The second-order valence-electron chi connectivity index (χ2n) is 4.58. The van der Waals surface area contributed by atoms with Crippen molar-refractivity contribution in [2.75, 3.05) is 26.3 Å². The van der Waals surface area contributed by atoms with E-state index in [1.165, 1.54) is 6.42 Å². The van der Waals surface area contributed by atoms with Gasteiger partial charge in [0, 0.05) is 6.61 Å². The van der Waals surface area contributed by atoms with Crippen molar-refractivity contribution in [1.29, 1.82) is 0 Å². The largest absolute Gasteiger partial charge is 0.465 e. The topological polar surface area (TPSA) is 49.8 Å². The van der Waals surface area contributed by atoms with Crippen LogP contribution in [-0.4, -0.2) is 48.3 Å². The fraction of sp³-hybridized carbons (Fsp3) is 0.923. The van der Waals surface area contributed by atoms with E-state index in [9.17, 15) is 4.79 Å². The highest BCUT2D eigenvalue weighted by molar-refractivity contribution is 5.75. The molecule has 1 atom stereocenters. The Bertz CT molecular complexity index is 221. The number of carbonyl (C=O) groups excluding carboxylic acids is 1. The lowest BCUT2D eigenvalue weighted by Gasteiger charge is -2.33. The normalized spacial score (nSPS) is 21.4. The van der Waals surface area contributed by atoms with Gasteiger partial charge in [-0.3, -0.25) is 9.69 Å². The van der Waals surface area contributed by atoms with Crippen molar-refractivity contribution < 1.29 is 14.6 Å². The first kappa shape index (κ1) is 14.5. The minimum Gasteiger partial charge on any atom is -0.465 e. The van der Waals surface area contributed by atoms with Gasteiger partial charge in [-0.05, 0) is 52.1 Å². The molecule has 0 saturated carbocycles. The van der Waals surface area contributed by atoms with Crippen LogP contribution < -0.4 is 0 Å². The number of hydrogen-bond donors (Lipinski definition) is 1. The fourth-order valence-electron chi connectivity index (χ4n) is 2.37. The minimum absolute atomic E-state index is 0.0298. The van der Waals surface area contributed by atoms with Gasteiger partial charge in [0.1, 0.15) is 6.04 Å². The van der Waals surface area contributed by atoms with Crippen molar-refractivity contribution in [2.24, 2.45) is 0 Å². The van der Waals surface area contributed by atoms with Crippen LogP contribution in [0.3, 0.4) is 0 Å². The second kappa shape index (κ2) is 8.48. The van der Waals surface area contributed by atoms with Crippen molar-refractivity contribution in [3.63, 3.8) is 0 Å². The predicted octanol–water partition coefficient (Wildman–Crippen LogP) is 1.57. The molecular weight excluding hydrogens is 218 g/mol. The van der Waals surface area contributed by atoms with E-state index in [0.717, 1.165) is 45.2 Å². The number of esters is 1. The fourth-order valence-corrected chi connectivity index (χ4v) is 2.37. The van der Waals surface area contributed by atoms with Gasteiger partial charge in [0.2, 0.25) is 0 Å². The molecule has 0 radical (unpaired) electrons. The van der Waals surface area contributed by atoms with Gasteiger partial charge < -0.3 is 9.84 Å². The Morgan fingerprint density at radius 1 is 1.35 bits per heavy atom.